The first-order valence-corrected chi connectivity index (χ1v) is 3.51. The van der Waals surface area contributed by atoms with Crippen LogP contribution >= 0.6 is 11.6 Å². The van der Waals surface area contributed by atoms with Crippen molar-refractivity contribution in [3.8, 4) is 0 Å². The fraction of sp³-hybridized carbons (Fsp3) is 0.833. The molecule has 0 unspecified atom stereocenters. The molecule has 0 aromatic rings. The van der Waals surface area contributed by atoms with Crippen molar-refractivity contribution >= 4 is 11.6 Å². The van der Waals surface area contributed by atoms with Crippen LogP contribution in [0.15, 0.2) is 0 Å². The molecule has 0 amide bonds. The lowest BCUT2D eigenvalue weighted by Gasteiger charge is -1.97. The van der Waals surface area contributed by atoms with Crippen LogP contribution in [0.2, 0.25) is 0 Å². The Labute approximate surface area is 56.4 Å². The second kappa shape index (κ2) is 7.25. The maximum atomic E-state index is 5.42. The van der Waals surface area contributed by atoms with E-state index in [0.29, 0.717) is 0 Å². The van der Waals surface area contributed by atoms with Gasteiger partial charge in [-0.25, -0.2) is 0 Å². The van der Waals surface area contributed by atoms with E-state index in [1.165, 1.54) is 0 Å². The summed E-state index contributed by atoms with van der Waals surface area (Å²) in [6, 6.07) is 0. The van der Waals surface area contributed by atoms with Crippen LogP contribution in [0.4, 0.5) is 0 Å². The van der Waals surface area contributed by atoms with E-state index in [2.05, 4.69) is 12.2 Å². The van der Waals surface area contributed by atoms with Crippen LogP contribution in [0.3, 0.4) is 0 Å². The summed E-state index contributed by atoms with van der Waals surface area (Å²) in [7, 11) is 0. The lowest BCUT2D eigenvalue weighted by molar-refractivity contribution is 0.679. The summed E-state index contributed by atoms with van der Waals surface area (Å²) in [5.41, 5.74) is 0. The number of alkyl halides is 1. The summed E-state index contributed by atoms with van der Waals surface area (Å²) in [5, 5.41) is 3.19. The van der Waals surface area contributed by atoms with Crippen molar-refractivity contribution in [1.82, 2.24) is 5.32 Å². The third kappa shape index (κ3) is 6.25. The van der Waals surface area contributed by atoms with E-state index < -0.39 is 0 Å². The summed E-state index contributed by atoms with van der Waals surface area (Å²) in [6.07, 6.45) is 2.02. The molecule has 1 radical (unpaired) electrons. The van der Waals surface area contributed by atoms with Gasteiger partial charge < -0.3 is 5.32 Å². The lowest BCUT2D eigenvalue weighted by Crippen LogP contribution is -2.15. The zero-order valence-corrected chi connectivity index (χ0v) is 5.88. The molecule has 1 N–H and O–H groups in total. The Kier molecular flexibility index (Phi) is 7.48. The van der Waals surface area contributed by atoms with Crippen LogP contribution in [0, 0.1) is 6.92 Å². The standard InChI is InChI=1S/C6H13ClN/c1-2-5-8-6-3-4-7/h8H,1-6H2. The van der Waals surface area contributed by atoms with Gasteiger partial charge in [-0.1, -0.05) is 6.92 Å². The molecule has 0 saturated heterocycles. The molecule has 0 aliphatic rings. The molecule has 49 valence electrons. The fourth-order valence-electron chi connectivity index (χ4n) is 0.442. The van der Waals surface area contributed by atoms with E-state index in [4.69, 9.17) is 11.6 Å². The van der Waals surface area contributed by atoms with Gasteiger partial charge in [0.05, 0.1) is 0 Å². The van der Waals surface area contributed by atoms with Crippen molar-refractivity contribution in [3.63, 3.8) is 0 Å². The van der Waals surface area contributed by atoms with Crippen molar-refractivity contribution in [1.29, 1.82) is 0 Å². The second-order valence-corrected chi connectivity index (χ2v) is 2.02. The molecule has 0 saturated carbocycles. The second-order valence-electron chi connectivity index (χ2n) is 1.65. The van der Waals surface area contributed by atoms with Crippen molar-refractivity contribution < 1.29 is 0 Å². The van der Waals surface area contributed by atoms with Crippen molar-refractivity contribution in [2.75, 3.05) is 19.0 Å². The third-order valence-corrected chi connectivity index (χ3v) is 1.11. The molecule has 0 fully saturated rings. The van der Waals surface area contributed by atoms with Crippen LogP contribution in [0.25, 0.3) is 0 Å². The minimum Gasteiger partial charge on any atom is -0.317 e. The predicted molar refractivity (Wildman–Crippen MR) is 38.2 cm³/mol. The predicted octanol–water partition coefficient (Wildman–Crippen LogP) is 1.43. The Bertz CT molecular complexity index is 33.5. The highest BCUT2D eigenvalue weighted by atomic mass is 35.5. The fourth-order valence-corrected chi connectivity index (χ4v) is 0.575. The van der Waals surface area contributed by atoms with E-state index in [1.807, 2.05) is 0 Å². The molecule has 0 aliphatic carbocycles. The first kappa shape index (κ1) is 8.25. The Balaban J connectivity index is 2.53. The highest BCUT2D eigenvalue weighted by Gasteiger charge is 1.81. The minimum atomic E-state index is 0.754. The molecule has 1 nitrogen and oxygen atoms in total. The van der Waals surface area contributed by atoms with Crippen molar-refractivity contribution in [3.05, 3.63) is 6.92 Å². The number of halogens is 1. The summed E-state index contributed by atoms with van der Waals surface area (Å²) in [4.78, 5) is 0. The zero-order valence-electron chi connectivity index (χ0n) is 5.12. The smallest absolute Gasteiger partial charge is 0.0235 e. The minimum absolute atomic E-state index is 0.754. The van der Waals surface area contributed by atoms with Gasteiger partial charge >= 0.3 is 0 Å². The number of nitrogens with one attached hydrogen (secondary N) is 1. The monoisotopic (exact) mass is 134 g/mol. The van der Waals surface area contributed by atoms with E-state index in [-0.39, 0.29) is 0 Å². The van der Waals surface area contributed by atoms with Crippen LogP contribution in [0.1, 0.15) is 12.8 Å². The molecule has 8 heavy (non-hydrogen) atoms. The lowest BCUT2D eigenvalue weighted by atomic mass is 10.4. The molecule has 0 aliphatic heterocycles. The summed E-state index contributed by atoms with van der Waals surface area (Å²) >= 11 is 5.42. The molecule has 0 heterocycles. The topological polar surface area (TPSA) is 12.0 Å². The molecule has 2 heteroatoms. The van der Waals surface area contributed by atoms with Gasteiger partial charge in [0, 0.05) is 5.88 Å². The Morgan fingerprint density at radius 1 is 1.38 bits per heavy atom. The van der Waals surface area contributed by atoms with Gasteiger partial charge in [0.15, 0.2) is 0 Å². The van der Waals surface area contributed by atoms with E-state index in [0.717, 1.165) is 31.8 Å². The Hall–Kier alpha value is 0.250. The molecule has 0 spiro atoms. The number of hydrogen-bond donors (Lipinski definition) is 1. The largest absolute Gasteiger partial charge is 0.317 e. The Morgan fingerprint density at radius 2 is 2.12 bits per heavy atom. The molecular formula is C6H13ClN. The van der Waals surface area contributed by atoms with E-state index >= 15 is 0 Å². The highest BCUT2D eigenvalue weighted by Crippen LogP contribution is 1.80. The highest BCUT2D eigenvalue weighted by molar-refractivity contribution is 6.17. The van der Waals surface area contributed by atoms with E-state index in [9.17, 15) is 0 Å². The maximum absolute atomic E-state index is 5.42. The van der Waals surface area contributed by atoms with Gasteiger partial charge in [-0.05, 0) is 25.9 Å². The summed E-state index contributed by atoms with van der Waals surface area (Å²) < 4.78 is 0. The van der Waals surface area contributed by atoms with Gasteiger partial charge in [-0.3, -0.25) is 0 Å². The van der Waals surface area contributed by atoms with Gasteiger partial charge in [0.1, 0.15) is 0 Å². The third-order valence-electron chi connectivity index (χ3n) is 0.841. The maximum Gasteiger partial charge on any atom is 0.0235 e. The van der Waals surface area contributed by atoms with Crippen LogP contribution in [-0.2, 0) is 0 Å². The average molecular weight is 135 g/mol. The summed E-state index contributed by atoms with van der Waals surface area (Å²) in [6.45, 7) is 5.73. The molecule has 0 bridgehead atoms. The number of hydrogen-bond acceptors (Lipinski definition) is 1. The van der Waals surface area contributed by atoms with Gasteiger partial charge in [0.25, 0.3) is 0 Å². The van der Waals surface area contributed by atoms with Crippen LogP contribution in [0.5, 0.6) is 0 Å². The molecular weight excluding hydrogens is 122 g/mol. The van der Waals surface area contributed by atoms with Crippen molar-refractivity contribution in [2.24, 2.45) is 0 Å². The van der Waals surface area contributed by atoms with E-state index in [1.54, 1.807) is 0 Å². The molecule has 0 aromatic carbocycles. The molecule has 0 aromatic heterocycles. The molecule has 0 atom stereocenters. The summed E-state index contributed by atoms with van der Waals surface area (Å²) in [5.74, 6) is 0.754. The quantitative estimate of drug-likeness (QED) is 0.443. The van der Waals surface area contributed by atoms with Crippen LogP contribution < -0.4 is 5.32 Å². The van der Waals surface area contributed by atoms with Crippen molar-refractivity contribution in [2.45, 2.75) is 12.8 Å². The first-order chi connectivity index (χ1) is 3.91. The Morgan fingerprint density at radius 3 is 2.62 bits per heavy atom. The molecule has 0 rings (SSSR count). The van der Waals surface area contributed by atoms with Gasteiger partial charge in [-0.2, -0.15) is 0 Å². The van der Waals surface area contributed by atoms with Gasteiger partial charge in [0.2, 0.25) is 0 Å². The zero-order chi connectivity index (χ0) is 6.24. The van der Waals surface area contributed by atoms with Gasteiger partial charge in [-0.15, -0.1) is 11.6 Å². The normalized spacial score (nSPS) is 9.75. The average Bonchev–Trinajstić information content (AvgIpc) is 1.81. The van der Waals surface area contributed by atoms with Crippen LogP contribution in [-0.4, -0.2) is 19.0 Å². The first-order valence-electron chi connectivity index (χ1n) is 2.97. The SMILES string of the molecule is [CH2]CCNCCCCl. The number of rotatable bonds is 5.